The molecule has 0 heterocycles. The van der Waals surface area contributed by atoms with Crippen molar-refractivity contribution >= 4 is 5.91 Å². The molecule has 0 spiro atoms. The summed E-state index contributed by atoms with van der Waals surface area (Å²) in [4.78, 5) is 12.6. The maximum atomic E-state index is 11.1. The Morgan fingerprint density at radius 3 is 2.20 bits per heavy atom. The quantitative estimate of drug-likeness (QED) is 0.472. The monoisotopic (exact) mass is 234 g/mol. The second-order valence-electron chi connectivity index (χ2n) is 3.66. The Morgan fingerprint density at radius 1 is 1.40 bits per heavy atom. The Labute approximate surface area is 99.3 Å². The number of carbonyl (C=O) groups excluding carboxylic acids is 1. The van der Waals surface area contributed by atoms with E-state index in [0.717, 1.165) is 13.1 Å². The largest absolute Gasteiger partial charge is 1.00 e. The molecule has 0 aromatic rings. The van der Waals surface area contributed by atoms with E-state index in [-0.39, 0.29) is 24.4 Å². The molecule has 0 aliphatic rings. The molecule has 15 heavy (non-hydrogen) atoms. The number of amides is 1. The van der Waals surface area contributed by atoms with Crippen molar-refractivity contribution in [1.29, 1.82) is 0 Å². The zero-order valence-electron chi connectivity index (χ0n) is 10.1. The van der Waals surface area contributed by atoms with Crippen molar-refractivity contribution in [3.63, 3.8) is 0 Å². The third-order valence-electron chi connectivity index (χ3n) is 2.86. The number of carbonyl (C=O) groups is 1. The van der Waals surface area contributed by atoms with Crippen molar-refractivity contribution < 1.29 is 22.1 Å². The molecule has 0 rings (SSSR count). The van der Waals surface area contributed by atoms with Crippen LogP contribution in [0, 0.1) is 0 Å². The van der Waals surface area contributed by atoms with Crippen LogP contribution in [-0.4, -0.2) is 31.1 Å². The summed E-state index contributed by atoms with van der Waals surface area (Å²) in [6.07, 6.45) is 1.32. The molecule has 0 saturated heterocycles. The normalized spacial score (nSPS) is 13.9. The van der Waals surface area contributed by atoms with E-state index >= 15 is 0 Å². The Morgan fingerprint density at radius 2 is 1.87 bits per heavy atom. The predicted molar refractivity (Wildman–Crippen MR) is 59.3 cm³/mol. The first-order valence-electron chi connectivity index (χ1n) is 5.34. The van der Waals surface area contributed by atoms with Gasteiger partial charge in [0, 0.05) is 0 Å². The van der Waals surface area contributed by atoms with Crippen molar-refractivity contribution in [2.45, 2.75) is 39.8 Å². The highest BCUT2D eigenvalue weighted by atomic mass is 35.5. The molecule has 0 aromatic carbocycles. The zero-order valence-corrected chi connectivity index (χ0v) is 10.9. The minimum atomic E-state index is -0.0871. The van der Waals surface area contributed by atoms with E-state index in [2.05, 4.69) is 32.7 Å². The molecule has 0 aromatic heterocycles. The van der Waals surface area contributed by atoms with Gasteiger partial charge in [-0.05, 0) is 33.8 Å². The van der Waals surface area contributed by atoms with Crippen molar-refractivity contribution in [2.75, 3.05) is 13.1 Å². The lowest BCUT2D eigenvalue weighted by atomic mass is 10.1. The fourth-order valence-corrected chi connectivity index (χ4v) is 1.66. The van der Waals surface area contributed by atoms with E-state index in [0.29, 0.717) is 6.04 Å². The fraction of sp³-hybridized carbons (Fsp3) is 0.727. The summed E-state index contributed by atoms with van der Waals surface area (Å²) in [6.45, 7) is 14.1. The van der Waals surface area contributed by atoms with E-state index in [1.165, 1.54) is 11.0 Å². The van der Waals surface area contributed by atoms with Gasteiger partial charge >= 0.3 is 0 Å². The van der Waals surface area contributed by atoms with E-state index in [1.807, 2.05) is 6.92 Å². The van der Waals surface area contributed by atoms with Gasteiger partial charge in [0.2, 0.25) is 5.91 Å². The first kappa shape index (κ1) is 16.9. The molecule has 0 bridgehead atoms. The minimum absolute atomic E-state index is 0. The molecule has 2 unspecified atom stereocenters. The van der Waals surface area contributed by atoms with Gasteiger partial charge in [0.25, 0.3) is 0 Å². The molecule has 1 amide bonds. The van der Waals surface area contributed by atoms with Crippen LogP contribution in [0.4, 0.5) is 0 Å². The van der Waals surface area contributed by atoms with Crippen LogP contribution < -0.4 is 22.6 Å². The number of nitrogens with one attached hydrogen (secondary N) is 2. The molecule has 90 valence electrons. The third kappa shape index (κ3) is 5.80. The van der Waals surface area contributed by atoms with Crippen LogP contribution in [0.25, 0.3) is 0 Å². The molecule has 3 nitrogen and oxygen atoms in total. The molecule has 0 aliphatic heterocycles. The average Bonchev–Trinajstić information content (AvgIpc) is 2.19. The fourth-order valence-electron chi connectivity index (χ4n) is 1.66. The lowest BCUT2D eigenvalue weighted by molar-refractivity contribution is -0.921. The molecular weight excluding hydrogens is 212 g/mol. The number of hydrogen-bond donors (Lipinski definition) is 2. The molecular formula is C11H23ClN2O. The lowest BCUT2D eigenvalue weighted by Crippen LogP contribution is -3.16. The molecule has 2 atom stereocenters. The van der Waals surface area contributed by atoms with Crippen LogP contribution in [0.5, 0.6) is 0 Å². The van der Waals surface area contributed by atoms with Crippen LogP contribution in [0.15, 0.2) is 12.7 Å². The van der Waals surface area contributed by atoms with Gasteiger partial charge in [-0.15, -0.1) is 0 Å². The molecule has 0 radical (unpaired) electrons. The number of quaternary nitrogens is 1. The number of hydrogen-bond acceptors (Lipinski definition) is 1. The van der Waals surface area contributed by atoms with Crippen molar-refractivity contribution in [1.82, 2.24) is 5.32 Å². The third-order valence-corrected chi connectivity index (χ3v) is 2.86. The zero-order chi connectivity index (χ0) is 11.1. The van der Waals surface area contributed by atoms with Gasteiger partial charge in [-0.1, -0.05) is 6.58 Å². The van der Waals surface area contributed by atoms with Crippen molar-refractivity contribution in [2.24, 2.45) is 0 Å². The van der Waals surface area contributed by atoms with E-state index < -0.39 is 0 Å². The topological polar surface area (TPSA) is 33.5 Å². The van der Waals surface area contributed by atoms with Gasteiger partial charge in [0.15, 0.2) is 0 Å². The van der Waals surface area contributed by atoms with Gasteiger partial charge in [-0.3, -0.25) is 4.79 Å². The van der Waals surface area contributed by atoms with Crippen LogP contribution in [0.3, 0.4) is 0 Å². The minimum Gasteiger partial charge on any atom is -1.00 e. The SMILES string of the molecule is C=CC(=O)NC(C)C(C)[NH+](CC)CC.[Cl-]. The van der Waals surface area contributed by atoms with Crippen LogP contribution >= 0.6 is 0 Å². The van der Waals surface area contributed by atoms with Crippen LogP contribution in [0.1, 0.15) is 27.7 Å². The van der Waals surface area contributed by atoms with Crippen molar-refractivity contribution in [3.05, 3.63) is 12.7 Å². The molecule has 0 aliphatic carbocycles. The van der Waals surface area contributed by atoms with E-state index in [4.69, 9.17) is 0 Å². The van der Waals surface area contributed by atoms with E-state index in [9.17, 15) is 4.79 Å². The maximum Gasteiger partial charge on any atom is 0.243 e. The predicted octanol–water partition coefficient (Wildman–Crippen LogP) is -3.01. The Hall–Kier alpha value is -0.540. The van der Waals surface area contributed by atoms with Crippen LogP contribution in [-0.2, 0) is 4.79 Å². The number of rotatable bonds is 6. The molecule has 0 saturated carbocycles. The second-order valence-corrected chi connectivity index (χ2v) is 3.66. The van der Waals surface area contributed by atoms with Gasteiger partial charge in [0.05, 0.1) is 19.1 Å². The van der Waals surface area contributed by atoms with E-state index in [1.54, 1.807) is 0 Å². The summed E-state index contributed by atoms with van der Waals surface area (Å²) in [5.41, 5.74) is 0. The first-order valence-corrected chi connectivity index (χ1v) is 5.34. The average molecular weight is 235 g/mol. The Bertz CT molecular complexity index is 193. The highest BCUT2D eigenvalue weighted by Crippen LogP contribution is 1.87. The Balaban J connectivity index is 0. The van der Waals surface area contributed by atoms with Crippen LogP contribution in [0.2, 0.25) is 0 Å². The highest BCUT2D eigenvalue weighted by Gasteiger charge is 2.21. The van der Waals surface area contributed by atoms with Gasteiger partial charge in [-0.2, -0.15) is 0 Å². The molecule has 4 heteroatoms. The van der Waals surface area contributed by atoms with Gasteiger partial charge < -0.3 is 22.6 Å². The maximum absolute atomic E-state index is 11.1. The summed E-state index contributed by atoms with van der Waals surface area (Å²) in [5, 5.41) is 2.90. The number of halogens is 1. The summed E-state index contributed by atoms with van der Waals surface area (Å²) in [5.74, 6) is -0.0871. The van der Waals surface area contributed by atoms with Gasteiger partial charge in [-0.25, -0.2) is 0 Å². The smallest absolute Gasteiger partial charge is 0.243 e. The summed E-state index contributed by atoms with van der Waals surface area (Å²) < 4.78 is 0. The highest BCUT2D eigenvalue weighted by molar-refractivity contribution is 5.87. The molecule has 2 N–H and O–H groups in total. The first-order chi connectivity index (χ1) is 6.56. The second kappa shape index (κ2) is 8.74. The standard InChI is InChI=1S/C11H22N2O.ClH/c1-6-11(14)12-9(4)10(5)13(7-2)8-3;/h6,9-10H,1,7-8H2,2-5H3,(H,12,14);1H. The van der Waals surface area contributed by atoms with Crippen molar-refractivity contribution in [3.8, 4) is 0 Å². The Kier molecular flexibility index (Phi) is 9.84. The molecule has 0 fully saturated rings. The lowest BCUT2D eigenvalue weighted by Gasteiger charge is -2.28. The summed E-state index contributed by atoms with van der Waals surface area (Å²) >= 11 is 0. The summed E-state index contributed by atoms with van der Waals surface area (Å²) in [6, 6.07) is 0.629. The summed E-state index contributed by atoms with van der Waals surface area (Å²) in [7, 11) is 0. The van der Waals surface area contributed by atoms with Gasteiger partial charge in [0.1, 0.15) is 6.04 Å². The number of likely N-dealkylation sites (N-methyl/N-ethyl adjacent to an activating group) is 1.